The van der Waals surface area contributed by atoms with Crippen LogP contribution in [0.25, 0.3) is 10.9 Å². The number of pyridine rings is 1. The summed E-state index contributed by atoms with van der Waals surface area (Å²) in [5, 5.41) is 0.731. The number of nitrogens with two attached hydrogens (primary N) is 1. The van der Waals surface area contributed by atoms with Crippen LogP contribution in [0.2, 0.25) is 0 Å². The summed E-state index contributed by atoms with van der Waals surface area (Å²) in [6.45, 7) is 6.62. The second-order valence-electron chi connectivity index (χ2n) is 8.47. The third-order valence-corrected chi connectivity index (χ3v) is 5.63. The van der Waals surface area contributed by atoms with Gasteiger partial charge in [0, 0.05) is 35.4 Å². The van der Waals surface area contributed by atoms with Gasteiger partial charge in [-0.3, -0.25) is 14.6 Å². The Morgan fingerprint density at radius 3 is 2.63 bits per heavy atom. The van der Waals surface area contributed by atoms with Gasteiger partial charge in [-0.2, -0.15) is 0 Å². The molecule has 27 heavy (non-hydrogen) atoms. The summed E-state index contributed by atoms with van der Waals surface area (Å²) in [6, 6.07) is 6.12. The van der Waals surface area contributed by atoms with Gasteiger partial charge in [-0.15, -0.1) is 0 Å². The molecule has 2 aromatic rings. The molecule has 5 nitrogen and oxygen atoms in total. The summed E-state index contributed by atoms with van der Waals surface area (Å²) in [4.78, 5) is 31.3. The molecule has 1 aromatic carbocycles. The third-order valence-electron chi connectivity index (χ3n) is 5.63. The number of hydrogen-bond acceptors (Lipinski definition) is 4. The molecule has 2 N–H and O–H groups in total. The highest BCUT2D eigenvalue weighted by Gasteiger charge is 2.51. The van der Waals surface area contributed by atoms with E-state index in [0.717, 1.165) is 5.39 Å². The summed E-state index contributed by atoms with van der Waals surface area (Å²) in [5.74, 6) is -0.477. The van der Waals surface area contributed by atoms with Crippen LogP contribution in [0.4, 0.5) is 4.39 Å². The van der Waals surface area contributed by atoms with Crippen LogP contribution in [0.5, 0.6) is 0 Å². The van der Waals surface area contributed by atoms with Crippen molar-refractivity contribution in [2.24, 2.45) is 16.6 Å². The lowest BCUT2D eigenvalue weighted by Gasteiger charge is -2.53. The van der Waals surface area contributed by atoms with E-state index >= 15 is 0 Å². The number of rotatable bonds is 1. The van der Waals surface area contributed by atoms with Gasteiger partial charge in [0.25, 0.3) is 5.91 Å². The number of benzene rings is 1. The molecule has 1 amide bonds. The first-order chi connectivity index (χ1) is 12.6. The highest BCUT2D eigenvalue weighted by molar-refractivity contribution is 6.01. The minimum atomic E-state index is -0.515. The van der Waals surface area contributed by atoms with Crippen molar-refractivity contribution in [2.75, 3.05) is 13.1 Å². The maximum Gasteiger partial charge on any atom is 0.255 e. The topological polar surface area (TPSA) is 76.3 Å². The van der Waals surface area contributed by atoms with E-state index in [-0.39, 0.29) is 22.9 Å². The van der Waals surface area contributed by atoms with Gasteiger partial charge in [0.05, 0.1) is 22.5 Å². The number of allylic oxidation sites excluding steroid dienone is 1. The first kappa shape index (κ1) is 17.6. The zero-order chi connectivity index (χ0) is 19.6. The number of carbonyl (C=O) groups is 2. The van der Waals surface area contributed by atoms with E-state index in [4.69, 9.17) is 5.73 Å². The largest absolute Gasteiger partial charge is 0.396 e. The third kappa shape index (κ3) is 2.80. The number of carbonyl (C=O) groups excluding carboxylic acids is 2. The van der Waals surface area contributed by atoms with Crippen LogP contribution in [0, 0.1) is 23.6 Å². The summed E-state index contributed by atoms with van der Waals surface area (Å²) in [6.07, 6.45) is 2.51. The Morgan fingerprint density at radius 1 is 1.26 bits per heavy atom. The number of ketones is 1. The van der Waals surface area contributed by atoms with Crippen LogP contribution in [0.1, 0.15) is 36.3 Å². The van der Waals surface area contributed by atoms with Crippen molar-refractivity contribution in [3.63, 3.8) is 0 Å². The lowest BCUT2D eigenvalue weighted by Crippen LogP contribution is -2.61. The van der Waals surface area contributed by atoms with Gasteiger partial charge in [-0.05, 0) is 37.6 Å². The molecule has 0 unspecified atom stereocenters. The average molecular weight is 367 g/mol. The number of Topliss-reactive ketones (excluding diaryl/α,β-unsaturated/α-hetero) is 1. The Hall–Kier alpha value is -2.76. The number of halogens is 1. The number of likely N-dealkylation sites (tertiary alicyclic amines) is 1. The first-order valence-electron chi connectivity index (χ1n) is 9.00. The van der Waals surface area contributed by atoms with E-state index in [1.807, 2.05) is 19.9 Å². The number of nitrogens with zero attached hydrogens (tertiary/aromatic N) is 2. The summed E-state index contributed by atoms with van der Waals surface area (Å²) < 4.78 is 13.4. The van der Waals surface area contributed by atoms with Crippen molar-refractivity contribution in [2.45, 2.75) is 27.2 Å². The molecule has 0 bridgehead atoms. The number of fused-ring (bicyclic) bond motifs is 1. The minimum Gasteiger partial charge on any atom is -0.396 e. The number of aromatic nitrogens is 1. The van der Waals surface area contributed by atoms with Crippen molar-refractivity contribution >= 4 is 22.6 Å². The molecule has 4 rings (SSSR count). The van der Waals surface area contributed by atoms with Gasteiger partial charge in [0.15, 0.2) is 5.78 Å². The standard InChI is InChI=1S/C21H22FN3O2/c1-12-15(6-13-4-5-14(22)7-17(13)24-12)19(27)25-10-21(11-25)8-16(23)18(26)20(2,3)9-21/h4-8H,9-11,23H2,1-3H3. The molecular weight excluding hydrogens is 345 g/mol. The zero-order valence-electron chi connectivity index (χ0n) is 15.7. The number of hydrogen-bond donors (Lipinski definition) is 1. The molecule has 1 aromatic heterocycles. The molecule has 0 radical (unpaired) electrons. The number of aryl methyl sites for hydroxylation is 1. The van der Waals surface area contributed by atoms with Crippen molar-refractivity contribution in [1.29, 1.82) is 0 Å². The number of amides is 1. The van der Waals surface area contributed by atoms with Crippen molar-refractivity contribution in [3.8, 4) is 0 Å². The van der Waals surface area contributed by atoms with E-state index in [1.165, 1.54) is 12.1 Å². The zero-order valence-corrected chi connectivity index (χ0v) is 15.7. The molecule has 1 aliphatic carbocycles. The molecule has 1 aliphatic heterocycles. The van der Waals surface area contributed by atoms with E-state index < -0.39 is 5.41 Å². The van der Waals surface area contributed by atoms with Gasteiger partial charge in [0.2, 0.25) is 0 Å². The van der Waals surface area contributed by atoms with Crippen LogP contribution in [0.15, 0.2) is 36.0 Å². The van der Waals surface area contributed by atoms with Crippen LogP contribution < -0.4 is 5.73 Å². The van der Waals surface area contributed by atoms with Crippen LogP contribution in [0.3, 0.4) is 0 Å². The Labute approximate surface area is 157 Å². The predicted molar refractivity (Wildman–Crippen MR) is 100 cm³/mol. The highest BCUT2D eigenvalue weighted by Crippen LogP contribution is 2.47. The first-order valence-corrected chi connectivity index (χ1v) is 9.00. The van der Waals surface area contributed by atoms with Crippen LogP contribution in [-0.2, 0) is 4.79 Å². The normalized spacial score (nSPS) is 20.5. The SMILES string of the molecule is Cc1nc2cc(F)ccc2cc1C(=O)N1CC2(C=C(N)C(=O)C(C)(C)C2)C1. The monoisotopic (exact) mass is 367 g/mol. The lowest BCUT2D eigenvalue weighted by molar-refractivity contribution is -0.127. The van der Waals surface area contributed by atoms with Crippen molar-refractivity contribution < 1.29 is 14.0 Å². The Bertz CT molecular complexity index is 1020. The Morgan fingerprint density at radius 2 is 1.96 bits per heavy atom. The molecule has 140 valence electrons. The van der Waals surface area contributed by atoms with Crippen molar-refractivity contribution in [3.05, 3.63) is 53.1 Å². The summed E-state index contributed by atoms with van der Waals surface area (Å²) in [7, 11) is 0. The molecule has 2 aliphatic rings. The maximum atomic E-state index is 13.4. The molecule has 0 saturated carbocycles. The Kier molecular flexibility index (Phi) is 3.67. The van der Waals surface area contributed by atoms with E-state index in [1.54, 1.807) is 24.0 Å². The Balaban J connectivity index is 1.59. The average Bonchev–Trinajstić information content (AvgIpc) is 2.55. The second-order valence-corrected chi connectivity index (χ2v) is 8.47. The van der Waals surface area contributed by atoms with Gasteiger partial charge < -0.3 is 10.6 Å². The van der Waals surface area contributed by atoms with Gasteiger partial charge in [-0.25, -0.2) is 4.39 Å². The second kappa shape index (κ2) is 5.62. The quantitative estimate of drug-likeness (QED) is 0.841. The fourth-order valence-electron chi connectivity index (χ4n) is 4.48. The van der Waals surface area contributed by atoms with Crippen LogP contribution in [-0.4, -0.2) is 34.7 Å². The van der Waals surface area contributed by atoms with E-state index in [0.29, 0.717) is 42.0 Å². The fourth-order valence-corrected chi connectivity index (χ4v) is 4.48. The van der Waals surface area contributed by atoms with E-state index in [9.17, 15) is 14.0 Å². The van der Waals surface area contributed by atoms with Crippen LogP contribution >= 0.6 is 0 Å². The summed E-state index contributed by atoms with van der Waals surface area (Å²) >= 11 is 0. The van der Waals surface area contributed by atoms with Crippen molar-refractivity contribution in [1.82, 2.24) is 9.88 Å². The molecule has 2 heterocycles. The predicted octanol–water partition coefficient (Wildman–Crippen LogP) is 2.97. The molecular formula is C21H22FN3O2. The fraction of sp³-hybridized carbons (Fsp3) is 0.381. The highest BCUT2D eigenvalue weighted by atomic mass is 19.1. The lowest BCUT2D eigenvalue weighted by atomic mass is 9.62. The van der Waals surface area contributed by atoms with E-state index in [2.05, 4.69) is 4.98 Å². The maximum absolute atomic E-state index is 13.4. The minimum absolute atomic E-state index is 0.0280. The molecule has 1 fully saturated rings. The summed E-state index contributed by atoms with van der Waals surface area (Å²) in [5.41, 5.74) is 7.11. The molecule has 1 spiro atoms. The van der Waals surface area contributed by atoms with Gasteiger partial charge in [0.1, 0.15) is 5.82 Å². The molecule has 1 saturated heterocycles. The smallest absolute Gasteiger partial charge is 0.255 e. The van der Waals surface area contributed by atoms with Gasteiger partial charge >= 0.3 is 0 Å². The molecule has 0 atom stereocenters. The molecule has 6 heteroatoms. The van der Waals surface area contributed by atoms with Gasteiger partial charge in [-0.1, -0.05) is 13.8 Å².